The molecule has 0 aromatic carbocycles. The predicted molar refractivity (Wildman–Crippen MR) is 96.3 cm³/mol. The van der Waals surface area contributed by atoms with Crippen molar-refractivity contribution in [1.82, 2.24) is 4.57 Å². The molecular formula is C18H27N3O2S+2. The first kappa shape index (κ1) is 17.2. The fourth-order valence-electron chi connectivity index (χ4n) is 3.72. The Morgan fingerprint density at radius 3 is 2.62 bits per heavy atom. The van der Waals surface area contributed by atoms with Gasteiger partial charge in [0.1, 0.15) is 37.5 Å². The standard InChI is InChI=1S/C18H25N3O2S/c1-4-21-13(2)12-14(22)16(18(21)23)17(15-6-5-11-24-15)20-9-7-19(3)8-10-20/h5-6,11-12,17,22H,4,7-10H2,1-3H3/p+2/t17-/m0/s1. The first-order valence-electron chi connectivity index (χ1n) is 8.65. The van der Waals surface area contributed by atoms with Gasteiger partial charge >= 0.3 is 0 Å². The lowest BCUT2D eigenvalue weighted by molar-refractivity contribution is -1.02. The van der Waals surface area contributed by atoms with Crippen molar-refractivity contribution in [2.24, 2.45) is 0 Å². The first-order valence-corrected chi connectivity index (χ1v) is 9.53. The number of thiophene rings is 1. The van der Waals surface area contributed by atoms with Gasteiger partial charge in [0.15, 0.2) is 6.04 Å². The molecule has 0 aliphatic carbocycles. The Hall–Kier alpha value is -1.63. The third kappa shape index (κ3) is 3.14. The number of likely N-dealkylation sites (N-methyl/N-ethyl adjacent to an activating group) is 1. The molecule has 2 aromatic heterocycles. The largest absolute Gasteiger partial charge is 0.507 e. The van der Waals surface area contributed by atoms with Crippen LogP contribution in [0.1, 0.15) is 29.1 Å². The van der Waals surface area contributed by atoms with Crippen LogP contribution in [0.3, 0.4) is 0 Å². The molecule has 24 heavy (non-hydrogen) atoms. The first-order chi connectivity index (χ1) is 11.5. The maximum atomic E-state index is 13.1. The zero-order valence-corrected chi connectivity index (χ0v) is 15.4. The maximum absolute atomic E-state index is 13.1. The summed E-state index contributed by atoms with van der Waals surface area (Å²) in [4.78, 5) is 17.1. The molecule has 0 radical (unpaired) electrons. The van der Waals surface area contributed by atoms with E-state index in [1.54, 1.807) is 22.0 Å². The van der Waals surface area contributed by atoms with Crippen LogP contribution < -0.4 is 15.4 Å². The number of piperazine rings is 1. The molecule has 1 aliphatic rings. The third-order valence-electron chi connectivity index (χ3n) is 5.11. The van der Waals surface area contributed by atoms with E-state index in [1.165, 1.54) is 9.80 Å². The molecule has 130 valence electrons. The van der Waals surface area contributed by atoms with Gasteiger partial charge in [-0.2, -0.15) is 0 Å². The molecule has 0 spiro atoms. The van der Waals surface area contributed by atoms with Gasteiger partial charge in [-0.25, -0.2) is 0 Å². The van der Waals surface area contributed by atoms with Crippen molar-refractivity contribution in [2.75, 3.05) is 33.2 Å². The molecule has 2 aromatic rings. The van der Waals surface area contributed by atoms with E-state index in [9.17, 15) is 9.90 Å². The molecule has 3 heterocycles. The quantitative estimate of drug-likeness (QED) is 0.694. The molecule has 1 saturated heterocycles. The lowest BCUT2D eigenvalue weighted by atomic mass is 10.0. The Morgan fingerprint density at radius 1 is 1.33 bits per heavy atom. The van der Waals surface area contributed by atoms with Crippen molar-refractivity contribution in [1.29, 1.82) is 0 Å². The monoisotopic (exact) mass is 349 g/mol. The second-order valence-electron chi connectivity index (χ2n) is 6.70. The summed E-state index contributed by atoms with van der Waals surface area (Å²) in [7, 11) is 2.21. The topological polar surface area (TPSA) is 51.1 Å². The van der Waals surface area contributed by atoms with E-state index in [0.29, 0.717) is 12.1 Å². The molecule has 0 bridgehead atoms. The highest BCUT2D eigenvalue weighted by molar-refractivity contribution is 7.10. The number of pyridine rings is 1. The number of nitrogens with zero attached hydrogens (tertiary/aromatic N) is 1. The summed E-state index contributed by atoms with van der Waals surface area (Å²) in [5, 5.41) is 12.7. The fraction of sp³-hybridized carbons (Fsp3) is 0.500. The Kier molecular flexibility index (Phi) is 5.08. The lowest BCUT2D eigenvalue weighted by Crippen LogP contribution is -3.27. The molecule has 0 saturated carbocycles. The van der Waals surface area contributed by atoms with Gasteiger partial charge in [0.2, 0.25) is 0 Å². The average molecular weight is 350 g/mol. The molecule has 1 fully saturated rings. The summed E-state index contributed by atoms with van der Waals surface area (Å²) in [5.41, 5.74) is 1.32. The van der Waals surface area contributed by atoms with Crippen LogP contribution in [0.5, 0.6) is 5.75 Å². The zero-order valence-electron chi connectivity index (χ0n) is 14.6. The number of aromatic nitrogens is 1. The molecule has 0 unspecified atom stereocenters. The number of nitrogens with one attached hydrogen (secondary N) is 2. The van der Waals surface area contributed by atoms with Crippen molar-refractivity contribution in [3.05, 3.63) is 50.1 Å². The van der Waals surface area contributed by atoms with E-state index in [2.05, 4.69) is 13.1 Å². The number of rotatable bonds is 4. The summed E-state index contributed by atoms with van der Waals surface area (Å²) in [5.74, 6) is 0.138. The van der Waals surface area contributed by atoms with Crippen LogP contribution in [0.2, 0.25) is 0 Å². The van der Waals surface area contributed by atoms with Crippen LogP contribution in [0, 0.1) is 6.92 Å². The van der Waals surface area contributed by atoms with Gasteiger partial charge in [-0.05, 0) is 31.4 Å². The summed E-state index contributed by atoms with van der Waals surface area (Å²) in [6, 6.07) is 5.77. The zero-order chi connectivity index (χ0) is 17.3. The normalized spacial score (nSPS) is 22.5. The van der Waals surface area contributed by atoms with Gasteiger partial charge in [0, 0.05) is 12.2 Å². The third-order valence-corrected chi connectivity index (χ3v) is 6.05. The van der Waals surface area contributed by atoms with Crippen molar-refractivity contribution >= 4 is 11.3 Å². The van der Waals surface area contributed by atoms with Crippen LogP contribution in [0.4, 0.5) is 0 Å². The molecule has 1 atom stereocenters. The lowest BCUT2D eigenvalue weighted by Gasteiger charge is -2.33. The minimum atomic E-state index is -0.0796. The van der Waals surface area contributed by atoms with Crippen molar-refractivity contribution in [3.63, 3.8) is 0 Å². The Bertz CT molecular complexity index is 746. The van der Waals surface area contributed by atoms with Gasteiger partial charge in [0.05, 0.1) is 11.9 Å². The number of quaternary nitrogens is 2. The van der Waals surface area contributed by atoms with Gasteiger partial charge in [-0.3, -0.25) is 4.79 Å². The van der Waals surface area contributed by atoms with Crippen LogP contribution in [-0.2, 0) is 6.54 Å². The van der Waals surface area contributed by atoms with Gasteiger partial charge in [0.25, 0.3) is 5.56 Å². The summed E-state index contributed by atoms with van der Waals surface area (Å²) in [6.45, 7) is 8.66. The Balaban J connectivity index is 2.12. The van der Waals surface area contributed by atoms with Gasteiger partial charge in [-0.15, -0.1) is 11.3 Å². The minimum absolute atomic E-state index is 0.0489. The smallest absolute Gasteiger partial charge is 0.264 e. The number of hydrogen-bond donors (Lipinski definition) is 3. The molecule has 6 heteroatoms. The van der Waals surface area contributed by atoms with Crippen molar-refractivity contribution < 1.29 is 14.9 Å². The molecular weight excluding hydrogens is 322 g/mol. The average Bonchev–Trinajstić information content (AvgIpc) is 3.06. The van der Waals surface area contributed by atoms with Gasteiger partial charge in [-0.1, -0.05) is 6.07 Å². The molecule has 3 N–H and O–H groups in total. The van der Waals surface area contributed by atoms with Crippen LogP contribution in [0.25, 0.3) is 0 Å². The van der Waals surface area contributed by atoms with E-state index >= 15 is 0 Å². The summed E-state index contributed by atoms with van der Waals surface area (Å²) in [6.07, 6.45) is 0. The predicted octanol–water partition coefficient (Wildman–Crippen LogP) is -0.554. The minimum Gasteiger partial charge on any atom is -0.507 e. The summed E-state index contributed by atoms with van der Waals surface area (Å²) >= 11 is 1.67. The van der Waals surface area contributed by atoms with Crippen LogP contribution in [0.15, 0.2) is 28.4 Å². The second-order valence-corrected chi connectivity index (χ2v) is 7.68. The Morgan fingerprint density at radius 2 is 2.04 bits per heavy atom. The van der Waals surface area contributed by atoms with E-state index in [-0.39, 0.29) is 17.4 Å². The number of aryl methyl sites for hydroxylation is 1. The second kappa shape index (κ2) is 7.09. The van der Waals surface area contributed by atoms with E-state index in [1.807, 2.05) is 25.3 Å². The Labute approximate surface area is 146 Å². The van der Waals surface area contributed by atoms with Gasteiger partial charge < -0.3 is 19.5 Å². The van der Waals surface area contributed by atoms with Crippen LogP contribution >= 0.6 is 11.3 Å². The van der Waals surface area contributed by atoms with Crippen LogP contribution in [-0.4, -0.2) is 42.9 Å². The van der Waals surface area contributed by atoms with E-state index < -0.39 is 0 Å². The molecule has 3 rings (SSSR count). The van der Waals surface area contributed by atoms with E-state index in [0.717, 1.165) is 36.8 Å². The molecule has 1 aliphatic heterocycles. The highest BCUT2D eigenvalue weighted by Crippen LogP contribution is 2.28. The fourth-order valence-corrected chi connectivity index (χ4v) is 4.61. The highest BCUT2D eigenvalue weighted by Gasteiger charge is 2.35. The molecule has 0 amide bonds. The SMILES string of the molecule is CCn1c(C)cc(O)c([C@H](c2cccs2)[NH+]2CC[NH+](C)CC2)c1=O. The molecule has 5 nitrogen and oxygen atoms in total. The van der Waals surface area contributed by atoms with Crippen molar-refractivity contribution in [3.8, 4) is 5.75 Å². The number of aromatic hydroxyl groups is 1. The maximum Gasteiger partial charge on any atom is 0.264 e. The van der Waals surface area contributed by atoms with Crippen molar-refractivity contribution in [2.45, 2.75) is 26.4 Å². The summed E-state index contributed by atoms with van der Waals surface area (Å²) < 4.78 is 1.76. The highest BCUT2D eigenvalue weighted by atomic mass is 32.1. The number of hydrogen-bond acceptors (Lipinski definition) is 3. The van der Waals surface area contributed by atoms with E-state index in [4.69, 9.17) is 0 Å².